The standard InChI is InChI=1S/C24H30N4O3/c1-5-30-20-11-7-6-9-18(20)13-25-23(29)19-10-8-12-28(14-19)22-21-15(2)16(3)31-24(21)27-17(4)26-22/h6-7,9,11,19H,5,8,10,12-14H2,1-4H3,(H,25,29)/t19-/m0/s1. The van der Waals surface area contributed by atoms with Crippen LogP contribution < -0.4 is 15.0 Å². The predicted octanol–water partition coefficient (Wildman–Crippen LogP) is 4.08. The number of hydrogen-bond acceptors (Lipinski definition) is 6. The van der Waals surface area contributed by atoms with Gasteiger partial charge < -0.3 is 19.4 Å². The fourth-order valence-electron chi connectivity index (χ4n) is 4.22. The fourth-order valence-corrected chi connectivity index (χ4v) is 4.22. The second-order valence-electron chi connectivity index (χ2n) is 8.10. The van der Waals surface area contributed by atoms with Gasteiger partial charge in [0, 0.05) is 30.8 Å². The first-order valence-electron chi connectivity index (χ1n) is 11.0. The first-order valence-corrected chi connectivity index (χ1v) is 11.0. The number of rotatable bonds is 6. The minimum atomic E-state index is -0.0911. The molecule has 1 fully saturated rings. The molecule has 7 nitrogen and oxygen atoms in total. The van der Waals surface area contributed by atoms with Crippen molar-refractivity contribution in [3.05, 3.63) is 47.0 Å². The lowest BCUT2D eigenvalue weighted by Crippen LogP contribution is -2.43. The largest absolute Gasteiger partial charge is 0.494 e. The zero-order valence-corrected chi connectivity index (χ0v) is 18.7. The molecule has 0 spiro atoms. The number of piperidine rings is 1. The number of nitrogens with zero attached hydrogens (tertiary/aromatic N) is 3. The Hall–Kier alpha value is -3.09. The maximum atomic E-state index is 13.0. The van der Waals surface area contributed by atoms with Crippen molar-refractivity contribution in [3.8, 4) is 5.75 Å². The maximum absolute atomic E-state index is 13.0. The number of furan rings is 1. The normalized spacial score (nSPS) is 16.5. The molecule has 0 saturated carbocycles. The molecule has 7 heteroatoms. The van der Waals surface area contributed by atoms with Crippen LogP contribution in [0.4, 0.5) is 5.82 Å². The van der Waals surface area contributed by atoms with E-state index in [-0.39, 0.29) is 11.8 Å². The van der Waals surface area contributed by atoms with E-state index in [0.29, 0.717) is 31.2 Å². The number of anilines is 1. The summed E-state index contributed by atoms with van der Waals surface area (Å²) < 4.78 is 11.5. The van der Waals surface area contributed by atoms with Gasteiger partial charge in [-0.3, -0.25) is 4.79 Å². The van der Waals surface area contributed by atoms with Gasteiger partial charge in [0.05, 0.1) is 17.9 Å². The zero-order chi connectivity index (χ0) is 22.0. The Balaban J connectivity index is 1.49. The summed E-state index contributed by atoms with van der Waals surface area (Å²) in [6, 6.07) is 7.83. The molecule has 3 aromatic rings. The molecule has 0 aliphatic carbocycles. The average molecular weight is 423 g/mol. The molecule has 1 aliphatic rings. The summed E-state index contributed by atoms with van der Waals surface area (Å²) in [5.41, 5.74) is 2.67. The van der Waals surface area contributed by atoms with Gasteiger partial charge in [0.25, 0.3) is 0 Å². The van der Waals surface area contributed by atoms with E-state index in [4.69, 9.17) is 14.1 Å². The van der Waals surface area contributed by atoms with Crippen molar-refractivity contribution in [2.75, 3.05) is 24.6 Å². The number of fused-ring (bicyclic) bond motifs is 1. The fraction of sp³-hybridized carbons (Fsp3) is 0.458. The molecule has 0 unspecified atom stereocenters. The van der Waals surface area contributed by atoms with Gasteiger partial charge in [-0.25, -0.2) is 4.98 Å². The van der Waals surface area contributed by atoms with Crippen LogP contribution in [-0.2, 0) is 11.3 Å². The summed E-state index contributed by atoms with van der Waals surface area (Å²) in [4.78, 5) is 24.4. The molecular weight excluding hydrogens is 392 g/mol. The highest BCUT2D eigenvalue weighted by molar-refractivity contribution is 5.90. The predicted molar refractivity (Wildman–Crippen MR) is 120 cm³/mol. The number of benzene rings is 1. The van der Waals surface area contributed by atoms with Crippen LogP contribution in [-0.4, -0.2) is 35.6 Å². The Labute approximate surface area is 182 Å². The van der Waals surface area contributed by atoms with E-state index in [1.54, 1.807) is 0 Å². The molecule has 1 aliphatic heterocycles. The van der Waals surface area contributed by atoms with Crippen molar-refractivity contribution >= 4 is 22.8 Å². The number of nitrogens with one attached hydrogen (secondary N) is 1. The summed E-state index contributed by atoms with van der Waals surface area (Å²) in [7, 11) is 0. The molecule has 1 aromatic carbocycles. The van der Waals surface area contributed by atoms with Crippen LogP contribution in [0.1, 0.15) is 42.5 Å². The Bertz CT molecular complexity index is 1090. The number of carbonyl (C=O) groups excluding carboxylic acids is 1. The molecule has 1 atom stereocenters. The highest BCUT2D eigenvalue weighted by Crippen LogP contribution is 2.33. The number of hydrogen-bond donors (Lipinski definition) is 1. The summed E-state index contributed by atoms with van der Waals surface area (Å²) in [6.07, 6.45) is 1.81. The second-order valence-corrected chi connectivity index (χ2v) is 8.10. The third kappa shape index (κ3) is 4.36. The number of ether oxygens (including phenoxy) is 1. The Morgan fingerprint density at radius 3 is 2.87 bits per heavy atom. The van der Waals surface area contributed by atoms with Crippen molar-refractivity contribution < 1.29 is 13.9 Å². The summed E-state index contributed by atoms with van der Waals surface area (Å²) in [5.74, 6) is 3.20. The van der Waals surface area contributed by atoms with Crippen LogP contribution in [0.25, 0.3) is 11.1 Å². The first kappa shape index (κ1) is 21.2. The van der Waals surface area contributed by atoms with Gasteiger partial charge in [-0.2, -0.15) is 4.98 Å². The molecule has 1 amide bonds. The molecule has 1 saturated heterocycles. The lowest BCUT2D eigenvalue weighted by Gasteiger charge is -2.33. The van der Waals surface area contributed by atoms with E-state index in [0.717, 1.165) is 53.2 Å². The van der Waals surface area contributed by atoms with Crippen molar-refractivity contribution in [2.45, 2.75) is 47.1 Å². The summed E-state index contributed by atoms with van der Waals surface area (Å²) in [5, 5.41) is 4.06. The van der Waals surface area contributed by atoms with Crippen molar-refractivity contribution in [3.63, 3.8) is 0 Å². The minimum Gasteiger partial charge on any atom is -0.494 e. The van der Waals surface area contributed by atoms with Crippen molar-refractivity contribution in [1.82, 2.24) is 15.3 Å². The number of carbonyl (C=O) groups is 1. The van der Waals surface area contributed by atoms with Crippen LogP contribution in [0, 0.1) is 26.7 Å². The highest BCUT2D eigenvalue weighted by atomic mass is 16.5. The molecule has 164 valence electrons. The average Bonchev–Trinajstić information content (AvgIpc) is 3.05. The van der Waals surface area contributed by atoms with Gasteiger partial charge in [-0.15, -0.1) is 0 Å². The first-order chi connectivity index (χ1) is 15.0. The topological polar surface area (TPSA) is 80.5 Å². The van der Waals surface area contributed by atoms with E-state index in [2.05, 4.69) is 15.2 Å². The van der Waals surface area contributed by atoms with Gasteiger partial charge in [0.2, 0.25) is 11.6 Å². The van der Waals surface area contributed by atoms with Crippen molar-refractivity contribution in [1.29, 1.82) is 0 Å². The van der Waals surface area contributed by atoms with Crippen LogP contribution in [0.3, 0.4) is 0 Å². The SMILES string of the molecule is CCOc1ccccc1CNC(=O)[C@H]1CCCN(c2nc(C)nc3oc(C)c(C)c23)C1. The second kappa shape index (κ2) is 8.96. The lowest BCUT2D eigenvalue weighted by molar-refractivity contribution is -0.125. The molecule has 1 N–H and O–H groups in total. The van der Waals surface area contributed by atoms with E-state index in [1.807, 2.05) is 52.0 Å². The van der Waals surface area contributed by atoms with Gasteiger partial charge in [0.1, 0.15) is 23.2 Å². The van der Waals surface area contributed by atoms with Gasteiger partial charge >= 0.3 is 0 Å². The third-order valence-electron chi connectivity index (χ3n) is 5.94. The number of aromatic nitrogens is 2. The Kier molecular flexibility index (Phi) is 6.11. The highest BCUT2D eigenvalue weighted by Gasteiger charge is 2.29. The number of aryl methyl sites for hydroxylation is 3. The van der Waals surface area contributed by atoms with Crippen LogP contribution >= 0.6 is 0 Å². The third-order valence-corrected chi connectivity index (χ3v) is 5.94. The number of para-hydroxylation sites is 1. The number of amides is 1. The van der Waals surface area contributed by atoms with Crippen LogP contribution in [0.5, 0.6) is 5.75 Å². The Morgan fingerprint density at radius 1 is 1.26 bits per heavy atom. The van der Waals surface area contributed by atoms with Crippen LogP contribution in [0.2, 0.25) is 0 Å². The Morgan fingerprint density at radius 2 is 2.06 bits per heavy atom. The smallest absolute Gasteiger partial charge is 0.231 e. The van der Waals surface area contributed by atoms with Crippen molar-refractivity contribution in [2.24, 2.45) is 5.92 Å². The van der Waals surface area contributed by atoms with Gasteiger partial charge in [-0.05, 0) is 46.6 Å². The minimum absolute atomic E-state index is 0.0677. The summed E-state index contributed by atoms with van der Waals surface area (Å²) >= 11 is 0. The monoisotopic (exact) mass is 422 g/mol. The van der Waals surface area contributed by atoms with Gasteiger partial charge in [0.15, 0.2) is 0 Å². The molecule has 3 heterocycles. The van der Waals surface area contributed by atoms with Crippen LogP contribution in [0.15, 0.2) is 28.7 Å². The molecule has 4 rings (SSSR count). The summed E-state index contributed by atoms with van der Waals surface area (Å²) in [6.45, 7) is 10.4. The molecule has 0 radical (unpaired) electrons. The molecular formula is C24H30N4O3. The van der Waals surface area contributed by atoms with E-state index >= 15 is 0 Å². The van der Waals surface area contributed by atoms with E-state index in [9.17, 15) is 4.79 Å². The molecule has 31 heavy (non-hydrogen) atoms. The quantitative estimate of drug-likeness (QED) is 0.645. The molecule has 2 aromatic heterocycles. The van der Waals surface area contributed by atoms with Gasteiger partial charge in [-0.1, -0.05) is 18.2 Å². The van der Waals surface area contributed by atoms with E-state index in [1.165, 1.54) is 0 Å². The zero-order valence-electron chi connectivity index (χ0n) is 18.7. The van der Waals surface area contributed by atoms with E-state index < -0.39 is 0 Å². The maximum Gasteiger partial charge on any atom is 0.231 e. The molecule has 0 bridgehead atoms. The lowest BCUT2D eigenvalue weighted by atomic mass is 9.96.